The Morgan fingerprint density at radius 3 is 1.30 bits per heavy atom. The third kappa shape index (κ3) is 4.53. The molecule has 1 heteroatoms. The SMILES string of the molecule is c1ccc(CCCCOC(c2ccccc2)(c2ccccc2)c2ccccc2)cc1. The summed E-state index contributed by atoms with van der Waals surface area (Å²) in [5, 5.41) is 0. The van der Waals surface area contributed by atoms with Gasteiger partial charge in [0.25, 0.3) is 0 Å². The summed E-state index contributed by atoms with van der Waals surface area (Å²) in [7, 11) is 0. The van der Waals surface area contributed by atoms with Gasteiger partial charge in [0.1, 0.15) is 5.60 Å². The zero-order valence-corrected chi connectivity index (χ0v) is 17.3. The van der Waals surface area contributed by atoms with Crippen molar-refractivity contribution < 1.29 is 4.74 Å². The molecule has 0 aliphatic rings. The number of unbranched alkanes of at least 4 members (excludes halogenated alkanes) is 1. The summed E-state index contributed by atoms with van der Waals surface area (Å²) in [6.45, 7) is 0.700. The van der Waals surface area contributed by atoms with E-state index in [1.54, 1.807) is 0 Å². The van der Waals surface area contributed by atoms with Crippen molar-refractivity contribution in [3.8, 4) is 0 Å². The smallest absolute Gasteiger partial charge is 0.143 e. The average Bonchev–Trinajstić information content (AvgIpc) is 2.84. The zero-order chi connectivity index (χ0) is 20.5. The van der Waals surface area contributed by atoms with Crippen LogP contribution < -0.4 is 0 Å². The molecule has 150 valence electrons. The van der Waals surface area contributed by atoms with E-state index in [0.29, 0.717) is 6.61 Å². The molecule has 0 saturated carbocycles. The molecule has 4 aromatic rings. The summed E-state index contributed by atoms with van der Waals surface area (Å²) < 4.78 is 6.83. The second-order valence-corrected chi connectivity index (χ2v) is 7.57. The molecular formula is C29H28O. The lowest BCUT2D eigenvalue weighted by molar-refractivity contribution is 0.0109. The fourth-order valence-corrected chi connectivity index (χ4v) is 4.07. The molecule has 0 amide bonds. The number of hydrogen-bond acceptors (Lipinski definition) is 1. The number of rotatable bonds is 9. The maximum absolute atomic E-state index is 6.83. The Balaban J connectivity index is 1.61. The van der Waals surface area contributed by atoms with Crippen molar-refractivity contribution in [3.63, 3.8) is 0 Å². The first-order chi connectivity index (χ1) is 14.9. The molecule has 0 fully saturated rings. The molecule has 30 heavy (non-hydrogen) atoms. The van der Waals surface area contributed by atoms with E-state index in [9.17, 15) is 0 Å². The normalized spacial score (nSPS) is 11.3. The Hall–Kier alpha value is -3.16. The van der Waals surface area contributed by atoms with E-state index in [4.69, 9.17) is 4.74 Å². The topological polar surface area (TPSA) is 9.23 Å². The van der Waals surface area contributed by atoms with Crippen molar-refractivity contribution in [3.05, 3.63) is 144 Å². The fourth-order valence-electron chi connectivity index (χ4n) is 4.07. The fraction of sp³-hybridized carbons (Fsp3) is 0.172. The molecule has 4 aromatic carbocycles. The van der Waals surface area contributed by atoms with E-state index in [0.717, 1.165) is 36.0 Å². The van der Waals surface area contributed by atoms with Gasteiger partial charge in [-0.15, -0.1) is 0 Å². The van der Waals surface area contributed by atoms with Crippen LogP contribution in [0, 0.1) is 0 Å². The largest absolute Gasteiger partial charge is 0.361 e. The minimum absolute atomic E-state index is 0.615. The molecule has 0 bridgehead atoms. The Bertz CT molecular complexity index is 899. The van der Waals surface area contributed by atoms with Crippen molar-refractivity contribution in [2.75, 3.05) is 6.61 Å². The van der Waals surface area contributed by atoms with E-state index < -0.39 is 5.60 Å². The van der Waals surface area contributed by atoms with Gasteiger partial charge in [-0.05, 0) is 41.5 Å². The van der Waals surface area contributed by atoms with Gasteiger partial charge < -0.3 is 4.74 Å². The van der Waals surface area contributed by atoms with Crippen molar-refractivity contribution in [2.24, 2.45) is 0 Å². The highest BCUT2D eigenvalue weighted by atomic mass is 16.5. The minimum Gasteiger partial charge on any atom is -0.361 e. The van der Waals surface area contributed by atoms with Crippen LogP contribution in [-0.4, -0.2) is 6.61 Å². The lowest BCUT2D eigenvalue weighted by Gasteiger charge is -2.36. The Morgan fingerprint density at radius 2 is 0.867 bits per heavy atom. The Kier molecular flexibility index (Phi) is 6.74. The van der Waals surface area contributed by atoms with Crippen LogP contribution in [0.2, 0.25) is 0 Å². The molecule has 0 aliphatic heterocycles. The number of benzene rings is 4. The molecule has 0 aliphatic carbocycles. The van der Waals surface area contributed by atoms with Gasteiger partial charge in [0.05, 0.1) is 0 Å². The second-order valence-electron chi connectivity index (χ2n) is 7.57. The molecule has 0 atom stereocenters. The van der Waals surface area contributed by atoms with Gasteiger partial charge in [-0.1, -0.05) is 121 Å². The molecule has 0 N–H and O–H groups in total. The lowest BCUT2D eigenvalue weighted by atomic mass is 9.80. The van der Waals surface area contributed by atoms with Crippen LogP contribution in [-0.2, 0) is 16.8 Å². The summed E-state index contributed by atoms with van der Waals surface area (Å²) in [6.07, 6.45) is 3.21. The summed E-state index contributed by atoms with van der Waals surface area (Å²) >= 11 is 0. The van der Waals surface area contributed by atoms with Gasteiger partial charge in [0, 0.05) is 6.61 Å². The van der Waals surface area contributed by atoms with Gasteiger partial charge in [0.2, 0.25) is 0 Å². The maximum Gasteiger partial charge on any atom is 0.143 e. The molecule has 0 spiro atoms. The van der Waals surface area contributed by atoms with Gasteiger partial charge >= 0.3 is 0 Å². The molecule has 0 heterocycles. The van der Waals surface area contributed by atoms with Gasteiger partial charge in [-0.2, -0.15) is 0 Å². The first kappa shape index (κ1) is 20.1. The highest BCUT2D eigenvalue weighted by molar-refractivity contribution is 5.47. The third-order valence-corrected chi connectivity index (χ3v) is 5.56. The second kappa shape index (κ2) is 10.0. The Labute approximate surface area is 180 Å². The minimum atomic E-state index is -0.615. The maximum atomic E-state index is 6.83. The van der Waals surface area contributed by atoms with E-state index in [1.807, 2.05) is 0 Å². The molecular weight excluding hydrogens is 364 g/mol. The van der Waals surface area contributed by atoms with Gasteiger partial charge in [-0.25, -0.2) is 0 Å². The molecule has 0 aromatic heterocycles. The van der Waals surface area contributed by atoms with Crippen molar-refractivity contribution in [1.82, 2.24) is 0 Å². The van der Waals surface area contributed by atoms with E-state index in [2.05, 4.69) is 121 Å². The monoisotopic (exact) mass is 392 g/mol. The van der Waals surface area contributed by atoms with Crippen LogP contribution in [0.25, 0.3) is 0 Å². The first-order valence-corrected chi connectivity index (χ1v) is 10.7. The summed E-state index contributed by atoms with van der Waals surface area (Å²) in [5.74, 6) is 0. The van der Waals surface area contributed by atoms with Crippen LogP contribution in [0.15, 0.2) is 121 Å². The summed E-state index contributed by atoms with van der Waals surface area (Å²) in [4.78, 5) is 0. The third-order valence-electron chi connectivity index (χ3n) is 5.56. The summed E-state index contributed by atoms with van der Waals surface area (Å²) in [6, 6.07) is 42.4. The molecule has 0 radical (unpaired) electrons. The van der Waals surface area contributed by atoms with E-state index in [-0.39, 0.29) is 0 Å². The van der Waals surface area contributed by atoms with Crippen LogP contribution in [0.5, 0.6) is 0 Å². The number of hydrogen-bond donors (Lipinski definition) is 0. The highest BCUT2D eigenvalue weighted by Crippen LogP contribution is 2.40. The molecule has 0 unspecified atom stereocenters. The standard InChI is InChI=1S/C29H28O/c1-5-15-25(16-6-1)17-13-14-24-30-29(26-18-7-2-8-19-26,27-20-9-3-10-21-27)28-22-11-4-12-23-28/h1-12,15-16,18-23H,13-14,17,24H2. The van der Waals surface area contributed by atoms with Crippen molar-refractivity contribution >= 4 is 0 Å². The predicted molar refractivity (Wildman–Crippen MR) is 125 cm³/mol. The summed E-state index contributed by atoms with van der Waals surface area (Å²) in [5.41, 5.74) is 4.25. The zero-order valence-electron chi connectivity index (χ0n) is 17.3. The number of aryl methyl sites for hydroxylation is 1. The average molecular weight is 393 g/mol. The van der Waals surface area contributed by atoms with Gasteiger partial charge in [0.15, 0.2) is 0 Å². The highest BCUT2D eigenvalue weighted by Gasteiger charge is 2.37. The van der Waals surface area contributed by atoms with Crippen LogP contribution >= 0.6 is 0 Å². The first-order valence-electron chi connectivity index (χ1n) is 10.7. The quantitative estimate of drug-likeness (QED) is 0.220. The molecule has 0 saturated heterocycles. The molecule has 1 nitrogen and oxygen atoms in total. The molecule has 4 rings (SSSR count). The van der Waals surface area contributed by atoms with E-state index >= 15 is 0 Å². The predicted octanol–water partition coefficient (Wildman–Crippen LogP) is 7.02. The van der Waals surface area contributed by atoms with Crippen LogP contribution in [0.4, 0.5) is 0 Å². The lowest BCUT2D eigenvalue weighted by Crippen LogP contribution is -2.33. The van der Waals surface area contributed by atoms with E-state index in [1.165, 1.54) is 5.56 Å². The Morgan fingerprint density at radius 1 is 0.467 bits per heavy atom. The van der Waals surface area contributed by atoms with Crippen LogP contribution in [0.1, 0.15) is 35.1 Å². The van der Waals surface area contributed by atoms with Gasteiger partial charge in [-0.3, -0.25) is 0 Å². The van der Waals surface area contributed by atoms with Crippen molar-refractivity contribution in [1.29, 1.82) is 0 Å². The van der Waals surface area contributed by atoms with Crippen LogP contribution in [0.3, 0.4) is 0 Å². The number of ether oxygens (including phenoxy) is 1. The van der Waals surface area contributed by atoms with Crippen molar-refractivity contribution in [2.45, 2.75) is 24.9 Å².